The highest BCUT2D eigenvalue weighted by Gasteiger charge is 2.30. The number of nitrogens with one attached hydrogen (secondary N) is 2. The van der Waals surface area contributed by atoms with Crippen LogP contribution in [0, 0.1) is 6.92 Å². The molecule has 2 N–H and O–H groups in total. The molecule has 0 aliphatic heterocycles. The third kappa shape index (κ3) is 5.52. The van der Waals surface area contributed by atoms with Crippen molar-refractivity contribution in [3.05, 3.63) is 65.2 Å². The summed E-state index contributed by atoms with van der Waals surface area (Å²) in [6, 6.07) is 10.7. The molecule has 2 rings (SSSR count). The maximum Gasteiger partial charge on any atom is 0.416 e. The maximum atomic E-state index is 12.5. The Morgan fingerprint density at radius 1 is 1.04 bits per heavy atom. The molecule has 0 atom stereocenters. The van der Waals surface area contributed by atoms with Gasteiger partial charge in [0.15, 0.2) is 6.61 Å². The lowest BCUT2D eigenvalue weighted by Crippen LogP contribution is -2.43. The first kappa shape index (κ1) is 18.3. The molecule has 0 saturated carbocycles. The molecule has 2 amide bonds. The topological polar surface area (TPSA) is 67.4 Å². The average molecular weight is 352 g/mol. The van der Waals surface area contributed by atoms with Crippen LogP contribution in [-0.2, 0) is 11.0 Å². The van der Waals surface area contributed by atoms with E-state index >= 15 is 0 Å². The number of hydrazine groups is 1. The zero-order valence-electron chi connectivity index (χ0n) is 13.2. The van der Waals surface area contributed by atoms with E-state index in [0.29, 0.717) is 5.75 Å². The van der Waals surface area contributed by atoms with Crippen LogP contribution in [0.4, 0.5) is 13.2 Å². The van der Waals surface area contributed by atoms with Crippen LogP contribution in [0.5, 0.6) is 5.75 Å². The van der Waals surface area contributed by atoms with Crippen LogP contribution < -0.4 is 15.6 Å². The predicted octanol–water partition coefficient (Wildman–Crippen LogP) is 2.85. The summed E-state index contributed by atoms with van der Waals surface area (Å²) >= 11 is 0. The predicted molar refractivity (Wildman–Crippen MR) is 83.7 cm³/mol. The molecule has 0 saturated heterocycles. The van der Waals surface area contributed by atoms with E-state index in [1.807, 2.05) is 13.0 Å². The van der Waals surface area contributed by atoms with E-state index in [0.717, 1.165) is 29.8 Å². The highest BCUT2D eigenvalue weighted by Crippen LogP contribution is 2.29. The Balaban J connectivity index is 1.82. The average Bonchev–Trinajstić information content (AvgIpc) is 2.57. The van der Waals surface area contributed by atoms with Crippen molar-refractivity contribution in [2.45, 2.75) is 13.1 Å². The first-order chi connectivity index (χ1) is 11.8. The van der Waals surface area contributed by atoms with Gasteiger partial charge in [-0.2, -0.15) is 13.2 Å². The number of hydrogen-bond donors (Lipinski definition) is 2. The largest absolute Gasteiger partial charge is 0.484 e. The summed E-state index contributed by atoms with van der Waals surface area (Å²) in [4.78, 5) is 23.4. The van der Waals surface area contributed by atoms with Gasteiger partial charge in [-0.3, -0.25) is 20.4 Å². The number of aryl methyl sites for hydroxylation is 1. The van der Waals surface area contributed by atoms with Crippen molar-refractivity contribution in [2.24, 2.45) is 0 Å². The van der Waals surface area contributed by atoms with Crippen LogP contribution in [0.1, 0.15) is 21.5 Å². The van der Waals surface area contributed by atoms with Crippen LogP contribution in [0.25, 0.3) is 0 Å². The molecule has 25 heavy (non-hydrogen) atoms. The molecule has 2 aromatic rings. The smallest absolute Gasteiger partial charge is 0.416 e. The van der Waals surface area contributed by atoms with Crippen molar-refractivity contribution in [3.63, 3.8) is 0 Å². The second-order valence-corrected chi connectivity index (χ2v) is 5.18. The Hall–Kier alpha value is -3.03. The number of carbonyl (C=O) groups excluding carboxylic acids is 2. The van der Waals surface area contributed by atoms with E-state index in [1.165, 1.54) is 0 Å². The van der Waals surface area contributed by atoms with Crippen molar-refractivity contribution in [1.29, 1.82) is 0 Å². The van der Waals surface area contributed by atoms with E-state index < -0.39 is 23.6 Å². The van der Waals surface area contributed by atoms with E-state index in [-0.39, 0.29) is 12.2 Å². The van der Waals surface area contributed by atoms with Gasteiger partial charge in [-0.15, -0.1) is 0 Å². The lowest BCUT2D eigenvalue weighted by molar-refractivity contribution is -0.137. The first-order valence-electron chi connectivity index (χ1n) is 7.21. The van der Waals surface area contributed by atoms with Crippen LogP contribution >= 0.6 is 0 Å². The molecule has 0 fully saturated rings. The second-order valence-electron chi connectivity index (χ2n) is 5.18. The molecule has 8 heteroatoms. The van der Waals surface area contributed by atoms with Crippen molar-refractivity contribution >= 4 is 11.8 Å². The van der Waals surface area contributed by atoms with Gasteiger partial charge in [-0.25, -0.2) is 0 Å². The minimum Gasteiger partial charge on any atom is -0.484 e. The van der Waals surface area contributed by atoms with Gasteiger partial charge in [0.25, 0.3) is 11.8 Å². The lowest BCUT2D eigenvalue weighted by atomic mass is 10.1. The van der Waals surface area contributed by atoms with Gasteiger partial charge in [0, 0.05) is 5.56 Å². The van der Waals surface area contributed by atoms with Gasteiger partial charge in [0.2, 0.25) is 0 Å². The van der Waals surface area contributed by atoms with Crippen LogP contribution in [0.15, 0.2) is 48.5 Å². The maximum absolute atomic E-state index is 12.5. The molecule has 0 aromatic heterocycles. The number of alkyl halides is 3. The SMILES string of the molecule is Cc1cccc(OCC(=O)NNC(=O)c2ccc(C(F)(F)F)cc2)c1. The van der Waals surface area contributed by atoms with Gasteiger partial charge in [0.05, 0.1) is 5.56 Å². The highest BCUT2D eigenvalue weighted by atomic mass is 19.4. The molecule has 0 radical (unpaired) electrons. The summed E-state index contributed by atoms with van der Waals surface area (Å²) in [6.07, 6.45) is -4.48. The fourth-order valence-corrected chi connectivity index (χ4v) is 1.90. The van der Waals surface area contributed by atoms with Gasteiger partial charge in [-0.1, -0.05) is 12.1 Å². The molecular formula is C17H15F3N2O3. The minimum atomic E-state index is -4.48. The molecule has 0 heterocycles. The summed E-state index contributed by atoms with van der Waals surface area (Å²) in [6.45, 7) is 1.55. The third-order valence-corrected chi connectivity index (χ3v) is 3.15. The van der Waals surface area contributed by atoms with Crippen LogP contribution in [-0.4, -0.2) is 18.4 Å². The normalized spacial score (nSPS) is 10.9. The Morgan fingerprint density at radius 2 is 1.72 bits per heavy atom. The van der Waals surface area contributed by atoms with E-state index in [4.69, 9.17) is 4.74 Å². The fourth-order valence-electron chi connectivity index (χ4n) is 1.90. The Kier molecular flexibility index (Phi) is 5.63. The monoisotopic (exact) mass is 352 g/mol. The van der Waals surface area contributed by atoms with E-state index in [9.17, 15) is 22.8 Å². The summed E-state index contributed by atoms with van der Waals surface area (Å²) in [5.74, 6) is -0.844. The van der Waals surface area contributed by atoms with Crippen LogP contribution in [0.2, 0.25) is 0 Å². The molecule has 0 aliphatic rings. The number of carbonyl (C=O) groups is 2. The standard InChI is InChI=1S/C17H15F3N2O3/c1-11-3-2-4-14(9-11)25-10-15(23)21-22-16(24)12-5-7-13(8-6-12)17(18,19)20/h2-9H,10H2,1H3,(H,21,23)(H,22,24). The van der Waals surface area contributed by atoms with Gasteiger partial charge >= 0.3 is 6.18 Å². The Bertz CT molecular complexity index is 758. The minimum absolute atomic E-state index is 0.0205. The summed E-state index contributed by atoms with van der Waals surface area (Å²) in [5.41, 5.74) is 4.31. The van der Waals surface area contributed by atoms with Crippen LogP contribution in [0.3, 0.4) is 0 Å². The molecular weight excluding hydrogens is 337 g/mol. The summed E-state index contributed by atoms with van der Waals surface area (Å²) in [5, 5.41) is 0. The number of rotatable bonds is 4. The number of halogens is 3. The van der Waals surface area contributed by atoms with E-state index in [2.05, 4.69) is 10.9 Å². The second kappa shape index (κ2) is 7.69. The fraction of sp³-hybridized carbons (Fsp3) is 0.176. The van der Waals surface area contributed by atoms with Crippen molar-refractivity contribution in [1.82, 2.24) is 10.9 Å². The van der Waals surface area contributed by atoms with Gasteiger partial charge in [-0.05, 0) is 48.9 Å². The third-order valence-electron chi connectivity index (χ3n) is 3.15. The molecule has 0 aliphatic carbocycles. The molecule has 0 unspecified atom stereocenters. The van der Waals surface area contributed by atoms with Crippen molar-refractivity contribution < 1.29 is 27.5 Å². The number of benzene rings is 2. The Labute approximate surface area is 141 Å². The molecule has 5 nitrogen and oxygen atoms in total. The van der Waals surface area contributed by atoms with Gasteiger partial charge in [0.1, 0.15) is 5.75 Å². The zero-order chi connectivity index (χ0) is 18.4. The zero-order valence-corrected chi connectivity index (χ0v) is 13.2. The molecule has 2 aromatic carbocycles. The molecule has 0 bridgehead atoms. The number of hydrogen-bond acceptors (Lipinski definition) is 3. The Morgan fingerprint density at radius 3 is 2.32 bits per heavy atom. The highest BCUT2D eigenvalue weighted by molar-refractivity contribution is 5.95. The molecule has 0 spiro atoms. The van der Waals surface area contributed by atoms with Gasteiger partial charge < -0.3 is 4.74 Å². The van der Waals surface area contributed by atoms with Crippen molar-refractivity contribution in [3.8, 4) is 5.75 Å². The number of ether oxygens (including phenoxy) is 1. The van der Waals surface area contributed by atoms with E-state index in [1.54, 1.807) is 18.2 Å². The number of amides is 2. The van der Waals surface area contributed by atoms with Crippen molar-refractivity contribution in [2.75, 3.05) is 6.61 Å². The summed E-state index contributed by atoms with van der Waals surface area (Å²) in [7, 11) is 0. The first-order valence-corrected chi connectivity index (χ1v) is 7.21. The summed E-state index contributed by atoms with van der Waals surface area (Å²) < 4.78 is 42.6. The molecule has 132 valence electrons. The quantitative estimate of drug-likeness (QED) is 0.832. The lowest BCUT2D eigenvalue weighted by Gasteiger charge is -2.10.